The number of ketones is 1. The molecule has 4 aliphatic rings. The van der Waals surface area contributed by atoms with Crippen LogP contribution in [0.15, 0.2) is 11.6 Å². The molecule has 7 atom stereocenters. The predicted molar refractivity (Wildman–Crippen MR) is 108 cm³/mol. The molecule has 5 nitrogen and oxygen atoms in total. The number of ether oxygens (including phenoxy) is 2. The fourth-order valence-corrected chi connectivity index (χ4v) is 7.62. The summed E-state index contributed by atoms with van der Waals surface area (Å²) in [5.41, 5.74) is 1.71. The van der Waals surface area contributed by atoms with Crippen molar-refractivity contribution in [3.63, 3.8) is 0 Å². The van der Waals surface area contributed by atoms with Gasteiger partial charge in [-0.3, -0.25) is 14.4 Å². The van der Waals surface area contributed by atoms with Crippen LogP contribution in [0.1, 0.15) is 72.1 Å². The van der Waals surface area contributed by atoms with Crippen LogP contribution in [-0.2, 0) is 23.9 Å². The van der Waals surface area contributed by atoms with Gasteiger partial charge in [0.25, 0.3) is 6.47 Å². The number of hydrogen-bond donors (Lipinski definition) is 0. The number of carbonyl (C=O) groups is 3. The van der Waals surface area contributed by atoms with Gasteiger partial charge >= 0.3 is 5.97 Å². The summed E-state index contributed by atoms with van der Waals surface area (Å²) in [7, 11) is 0. The molecule has 0 N–H and O–H groups in total. The zero-order chi connectivity index (χ0) is 20.8. The van der Waals surface area contributed by atoms with E-state index in [0.29, 0.717) is 24.2 Å². The first kappa shape index (κ1) is 20.6. The number of rotatable bonds is 5. The minimum atomic E-state index is -0.381. The third kappa shape index (κ3) is 3.34. The highest BCUT2D eigenvalue weighted by atomic mass is 16.5. The van der Waals surface area contributed by atoms with Crippen LogP contribution in [0.25, 0.3) is 0 Å². The number of allylic oxidation sites excluding steroid dienone is 1. The normalized spacial score (nSPS) is 43.3. The lowest BCUT2D eigenvalue weighted by Gasteiger charge is -2.58. The predicted octanol–water partition coefficient (Wildman–Crippen LogP) is 4.24. The molecule has 0 heterocycles. The van der Waals surface area contributed by atoms with Crippen LogP contribution in [0.5, 0.6) is 0 Å². The van der Waals surface area contributed by atoms with Gasteiger partial charge in [0, 0.05) is 19.3 Å². The first-order valence-corrected chi connectivity index (χ1v) is 11.2. The van der Waals surface area contributed by atoms with Crippen molar-refractivity contribution >= 4 is 18.2 Å². The quantitative estimate of drug-likeness (QED) is 0.391. The van der Waals surface area contributed by atoms with E-state index >= 15 is 0 Å². The summed E-state index contributed by atoms with van der Waals surface area (Å²) in [5.74, 6) is 1.58. The molecule has 0 radical (unpaired) electrons. The second kappa shape index (κ2) is 7.55. The molecule has 3 fully saturated rings. The lowest BCUT2D eigenvalue weighted by Crippen LogP contribution is -2.51. The summed E-state index contributed by atoms with van der Waals surface area (Å²) in [6.07, 6.45) is 10.7. The Morgan fingerprint density at radius 1 is 1.14 bits per heavy atom. The Hall–Kier alpha value is -1.65. The Morgan fingerprint density at radius 2 is 1.93 bits per heavy atom. The number of hydrogen-bond acceptors (Lipinski definition) is 5. The standard InChI is InChI=1S/C24H34O5/c1-15(26)28-13-22(27)21-7-6-19-18-5-4-16-12-17(29-14-25)8-10-23(16,2)20(18)9-11-24(19,21)3/h4,14,17-21H,5-13H2,1-3H3/t17-,18?,19?,20?,21+,23-,24-/m0/s1. The number of Topliss-reactive ketones (excluding diaryl/α,β-unsaturated/α-hetero) is 1. The molecular weight excluding hydrogens is 368 g/mol. The molecule has 0 aliphatic heterocycles. The van der Waals surface area contributed by atoms with Gasteiger partial charge in [-0.05, 0) is 73.5 Å². The van der Waals surface area contributed by atoms with E-state index in [1.807, 2.05) is 0 Å². The fourth-order valence-electron chi connectivity index (χ4n) is 7.62. The van der Waals surface area contributed by atoms with Crippen molar-refractivity contribution in [2.24, 2.45) is 34.5 Å². The van der Waals surface area contributed by atoms with E-state index in [4.69, 9.17) is 9.47 Å². The number of esters is 1. The molecule has 5 heteroatoms. The molecule has 4 rings (SSSR count). The molecule has 0 saturated heterocycles. The monoisotopic (exact) mass is 402 g/mol. The van der Waals surface area contributed by atoms with E-state index in [9.17, 15) is 14.4 Å². The van der Waals surface area contributed by atoms with Crippen molar-refractivity contribution in [2.75, 3.05) is 6.61 Å². The van der Waals surface area contributed by atoms with Crippen LogP contribution < -0.4 is 0 Å². The molecule has 0 bridgehead atoms. The van der Waals surface area contributed by atoms with E-state index in [1.54, 1.807) is 0 Å². The molecular formula is C24H34O5. The first-order valence-electron chi connectivity index (χ1n) is 11.2. The van der Waals surface area contributed by atoms with Crippen molar-refractivity contribution < 1.29 is 23.9 Å². The summed E-state index contributed by atoms with van der Waals surface area (Å²) >= 11 is 0. The van der Waals surface area contributed by atoms with Gasteiger partial charge in [0.2, 0.25) is 0 Å². The van der Waals surface area contributed by atoms with E-state index in [0.717, 1.165) is 51.4 Å². The first-order chi connectivity index (χ1) is 13.8. The molecule has 29 heavy (non-hydrogen) atoms. The van der Waals surface area contributed by atoms with Crippen molar-refractivity contribution in [2.45, 2.75) is 78.2 Å². The Bertz CT molecular complexity index is 727. The van der Waals surface area contributed by atoms with Gasteiger partial charge in [-0.1, -0.05) is 25.5 Å². The van der Waals surface area contributed by atoms with Crippen LogP contribution in [0, 0.1) is 34.5 Å². The molecule has 0 aromatic rings. The van der Waals surface area contributed by atoms with Crippen molar-refractivity contribution in [3.8, 4) is 0 Å². The number of fused-ring (bicyclic) bond motifs is 5. The maximum absolute atomic E-state index is 12.8. The minimum Gasteiger partial charge on any atom is -0.464 e. The van der Waals surface area contributed by atoms with Gasteiger partial charge in [-0.25, -0.2) is 0 Å². The SMILES string of the molecule is CC(=O)OCC(=O)[C@H]1CCC2C3CC=C4C[C@@H](OC=O)CC[C@]4(C)C3CC[C@@]21C. The third-order valence-corrected chi connectivity index (χ3v) is 9.11. The van der Waals surface area contributed by atoms with Crippen LogP contribution in [0.2, 0.25) is 0 Å². The Balaban J connectivity index is 1.53. The zero-order valence-electron chi connectivity index (χ0n) is 17.9. The molecule has 4 aliphatic carbocycles. The second-order valence-electron chi connectivity index (χ2n) is 10.3. The van der Waals surface area contributed by atoms with E-state index in [1.165, 1.54) is 12.5 Å². The van der Waals surface area contributed by atoms with Crippen molar-refractivity contribution in [3.05, 3.63) is 11.6 Å². The highest BCUT2D eigenvalue weighted by Crippen LogP contribution is 2.66. The van der Waals surface area contributed by atoms with Gasteiger partial charge in [-0.15, -0.1) is 0 Å². The third-order valence-electron chi connectivity index (χ3n) is 9.11. The highest BCUT2D eigenvalue weighted by molar-refractivity contribution is 5.85. The Morgan fingerprint density at radius 3 is 2.66 bits per heavy atom. The maximum atomic E-state index is 12.8. The molecule has 0 amide bonds. The Labute approximate surface area is 173 Å². The minimum absolute atomic E-state index is 0.0164. The van der Waals surface area contributed by atoms with Crippen LogP contribution in [0.3, 0.4) is 0 Å². The average molecular weight is 403 g/mol. The number of carbonyl (C=O) groups excluding carboxylic acids is 3. The highest BCUT2D eigenvalue weighted by Gasteiger charge is 2.59. The summed E-state index contributed by atoms with van der Waals surface area (Å²) < 4.78 is 10.3. The lowest BCUT2D eigenvalue weighted by molar-refractivity contribution is -0.149. The summed E-state index contributed by atoms with van der Waals surface area (Å²) in [4.78, 5) is 34.7. The zero-order valence-corrected chi connectivity index (χ0v) is 17.9. The topological polar surface area (TPSA) is 69.7 Å². The largest absolute Gasteiger partial charge is 0.464 e. The van der Waals surface area contributed by atoms with E-state index in [2.05, 4.69) is 19.9 Å². The van der Waals surface area contributed by atoms with Gasteiger partial charge in [0.1, 0.15) is 12.7 Å². The molecule has 3 unspecified atom stereocenters. The van der Waals surface area contributed by atoms with Gasteiger partial charge in [-0.2, -0.15) is 0 Å². The smallest absolute Gasteiger partial charge is 0.303 e. The molecule has 160 valence electrons. The van der Waals surface area contributed by atoms with Crippen LogP contribution in [0.4, 0.5) is 0 Å². The summed E-state index contributed by atoms with van der Waals surface area (Å²) in [5, 5.41) is 0. The van der Waals surface area contributed by atoms with Crippen molar-refractivity contribution in [1.82, 2.24) is 0 Å². The molecule has 0 aromatic carbocycles. The molecule has 0 spiro atoms. The van der Waals surface area contributed by atoms with Gasteiger partial charge < -0.3 is 9.47 Å². The van der Waals surface area contributed by atoms with Gasteiger partial charge in [0.05, 0.1) is 0 Å². The molecule has 0 aromatic heterocycles. The Kier molecular flexibility index (Phi) is 5.37. The summed E-state index contributed by atoms with van der Waals surface area (Å²) in [6.45, 7) is 6.62. The second-order valence-corrected chi connectivity index (χ2v) is 10.3. The summed E-state index contributed by atoms with van der Waals surface area (Å²) in [6, 6.07) is 0. The molecule has 3 saturated carbocycles. The fraction of sp³-hybridized carbons (Fsp3) is 0.792. The lowest BCUT2D eigenvalue weighted by atomic mass is 9.47. The average Bonchev–Trinajstić information content (AvgIpc) is 3.04. The van der Waals surface area contributed by atoms with Crippen LogP contribution in [-0.4, -0.2) is 30.9 Å². The van der Waals surface area contributed by atoms with Crippen LogP contribution >= 0.6 is 0 Å². The van der Waals surface area contributed by atoms with Crippen molar-refractivity contribution in [1.29, 1.82) is 0 Å². The van der Waals surface area contributed by atoms with E-state index < -0.39 is 0 Å². The van der Waals surface area contributed by atoms with E-state index in [-0.39, 0.29) is 41.2 Å². The van der Waals surface area contributed by atoms with Gasteiger partial charge in [0.15, 0.2) is 5.78 Å². The maximum Gasteiger partial charge on any atom is 0.303 e.